The van der Waals surface area contributed by atoms with Gasteiger partial charge in [-0.3, -0.25) is 14.4 Å². The number of rotatable bonds is 8. The highest BCUT2D eigenvalue weighted by Gasteiger charge is 2.76. The molecule has 3 aliphatic rings. The monoisotopic (exact) mass is 564 g/mol. The molecule has 3 aliphatic heterocycles. The molecule has 190 valence electrons. The van der Waals surface area contributed by atoms with Crippen molar-refractivity contribution in [2.45, 2.75) is 66.1 Å². The van der Waals surface area contributed by atoms with Gasteiger partial charge in [0.05, 0.1) is 29.2 Å². The number of carboxylic acids is 1. The lowest BCUT2D eigenvalue weighted by Gasteiger charge is -2.43. The van der Waals surface area contributed by atoms with Gasteiger partial charge in [0.2, 0.25) is 11.8 Å². The first kappa shape index (κ1) is 26.2. The lowest BCUT2D eigenvalue weighted by atomic mass is 9.71. The number of aliphatic hydroxyl groups excluding tert-OH is 1. The largest absolute Gasteiger partial charge is 0.481 e. The number of carbonyl (C=O) groups is 3. The van der Waals surface area contributed by atoms with E-state index in [9.17, 15) is 24.6 Å². The smallest absolute Gasteiger partial charge is 0.308 e. The van der Waals surface area contributed by atoms with Crippen LogP contribution in [0.4, 0.5) is 0 Å². The second-order valence-corrected chi connectivity index (χ2v) is 13.4. The topological polar surface area (TPSA) is 98.2 Å². The number of likely N-dealkylation sites (tertiary alicyclic amines) is 1. The van der Waals surface area contributed by atoms with Gasteiger partial charge in [-0.05, 0) is 39.2 Å². The number of carboxylic acid groups (broad SMARTS) is 1. The second kappa shape index (κ2) is 9.56. The normalized spacial score (nSPS) is 32.4. The Bertz CT molecular complexity index is 1010. The van der Waals surface area contributed by atoms with E-state index in [1.54, 1.807) is 11.0 Å². The van der Waals surface area contributed by atoms with E-state index in [1.165, 1.54) is 16.7 Å². The zero-order chi connectivity index (χ0) is 25.7. The van der Waals surface area contributed by atoms with Crippen LogP contribution in [-0.2, 0) is 20.8 Å². The van der Waals surface area contributed by atoms with Crippen LogP contribution in [0.1, 0.15) is 32.8 Å². The lowest BCUT2D eigenvalue weighted by Crippen LogP contribution is -2.61. The van der Waals surface area contributed by atoms with Gasteiger partial charge in [-0.2, -0.15) is 0 Å². The van der Waals surface area contributed by atoms with Gasteiger partial charge in [0.15, 0.2) is 0 Å². The first-order valence-electron chi connectivity index (χ1n) is 11.9. The summed E-state index contributed by atoms with van der Waals surface area (Å²) in [5, 5.41) is 20.3. The Balaban J connectivity index is 1.84. The van der Waals surface area contributed by atoms with Crippen molar-refractivity contribution in [3.05, 3.63) is 48.6 Å². The predicted molar refractivity (Wildman–Crippen MR) is 139 cm³/mol. The molecular weight excluding hydrogens is 532 g/mol. The molecule has 0 radical (unpaired) electrons. The van der Waals surface area contributed by atoms with Gasteiger partial charge < -0.3 is 20.0 Å². The maximum absolute atomic E-state index is 14.3. The minimum Gasteiger partial charge on any atom is -0.481 e. The van der Waals surface area contributed by atoms with Crippen LogP contribution >= 0.6 is 27.7 Å². The van der Waals surface area contributed by atoms with Gasteiger partial charge in [0.25, 0.3) is 0 Å². The summed E-state index contributed by atoms with van der Waals surface area (Å²) in [5.74, 6) is -3.27. The van der Waals surface area contributed by atoms with Crippen LogP contribution in [0.5, 0.6) is 0 Å². The van der Waals surface area contributed by atoms with Crippen LogP contribution < -0.4 is 0 Å². The van der Waals surface area contributed by atoms with Crippen LogP contribution in [0.25, 0.3) is 0 Å². The number of aliphatic carboxylic acids is 1. The van der Waals surface area contributed by atoms with Crippen molar-refractivity contribution < 1.29 is 24.6 Å². The van der Waals surface area contributed by atoms with E-state index in [1.807, 2.05) is 51.1 Å². The van der Waals surface area contributed by atoms with E-state index in [-0.39, 0.29) is 28.5 Å². The summed E-state index contributed by atoms with van der Waals surface area (Å²) >= 11 is 5.14. The molecule has 2 bridgehead atoms. The van der Waals surface area contributed by atoms with Crippen molar-refractivity contribution in [2.75, 3.05) is 13.2 Å². The molecule has 2 N–H and O–H groups in total. The van der Waals surface area contributed by atoms with E-state index in [2.05, 4.69) is 22.5 Å². The zero-order valence-corrected chi connectivity index (χ0v) is 22.7. The summed E-state index contributed by atoms with van der Waals surface area (Å²) in [6.07, 6.45) is 2.56. The molecule has 35 heavy (non-hydrogen) atoms. The van der Waals surface area contributed by atoms with Crippen LogP contribution in [0.15, 0.2) is 43.0 Å². The summed E-state index contributed by atoms with van der Waals surface area (Å²) in [5.41, 5.74) is 0.397. The summed E-state index contributed by atoms with van der Waals surface area (Å²) in [6.45, 7) is 9.60. The fourth-order valence-electron chi connectivity index (χ4n) is 6.13. The number of hydrogen-bond donors (Lipinski definition) is 2. The molecule has 3 unspecified atom stereocenters. The number of benzene rings is 1. The van der Waals surface area contributed by atoms with E-state index in [4.69, 9.17) is 0 Å². The molecule has 0 aromatic heterocycles. The molecule has 1 spiro atoms. The Labute approximate surface area is 219 Å². The molecule has 9 heteroatoms. The van der Waals surface area contributed by atoms with Gasteiger partial charge >= 0.3 is 5.97 Å². The summed E-state index contributed by atoms with van der Waals surface area (Å²) in [7, 11) is 0. The third kappa shape index (κ3) is 4.23. The molecule has 7 atom stereocenters. The van der Waals surface area contributed by atoms with Crippen LogP contribution in [0.2, 0.25) is 0 Å². The number of aliphatic hydroxyl groups is 1. The molecule has 0 aliphatic carbocycles. The summed E-state index contributed by atoms with van der Waals surface area (Å²) in [6, 6.07) is 8.01. The minimum absolute atomic E-state index is 0.114. The first-order valence-corrected chi connectivity index (χ1v) is 13.7. The standard InChI is InChI=1S/C26H33BrN2O5S/c1-5-11-28(25(2,3)4)23(32)21-26-13-17(27)20(35-26)18(24(33)34)19(26)22(31)29(21)16(14-30)12-15-9-7-6-8-10-15/h5-10,16-21,30H,1,11-14H2,2-4H3,(H,33,34)/t16-,17?,18-,19+,20-,21?,26?/m1/s1. The fourth-order valence-corrected chi connectivity index (χ4v) is 9.72. The Kier molecular flexibility index (Phi) is 7.16. The quantitative estimate of drug-likeness (QED) is 0.372. The molecular formula is C26H33BrN2O5S. The minimum atomic E-state index is -1.01. The number of hydrogen-bond acceptors (Lipinski definition) is 5. The van der Waals surface area contributed by atoms with Gasteiger partial charge in [0, 0.05) is 22.2 Å². The zero-order valence-electron chi connectivity index (χ0n) is 20.3. The molecule has 3 heterocycles. The number of fused-ring (bicyclic) bond motifs is 1. The summed E-state index contributed by atoms with van der Waals surface area (Å²) in [4.78, 5) is 43.9. The molecule has 4 rings (SSSR count). The molecule has 3 fully saturated rings. The SMILES string of the molecule is C=CCN(C(=O)C1N([C@@H](CO)Cc2ccccc2)C(=O)[C@@H]2[C@@H](C(=O)O)[C@@H]3SC12CC3Br)C(C)(C)C. The van der Waals surface area contributed by atoms with Crippen molar-refractivity contribution in [1.82, 2.24) is 9.80 Å². The molecule has 0 saturated carbocycles. The van der Waals surface area contributed by atoms with Gasteiger partial charge in [0.1, 0.15) is 6.04 Å². The Morgan fingerprint density at radius 1 is 1.34 bits per heavy atom. The van der Waals surface area contributed by atoms with Gasteiger partial charge in [-0.25, -0.2) is 0 Å². The average molecular weight is 566 g/mol. The molecule has 7 nitrogen and oxygen atoms in total. The second-order valence-electron chi connectivity index (χ2n) is 10.7. The molecule has 2 amide bonds. The van der Waals surface area contributed by atoms with E-state index >= 15 is 0 Å². The maximum Gasteiger partial charge on any atom is 0.308 e. The predicted octanol–water partition coefficient (Wildman–Crippen LogP) is 2.95. The average Bonchev–Trinajstić information content (AvgIpc) is 3.39. The first-order chi connectivity index (χ1) is 16.5. The van der Waals surface area contributed by atoms with Crippen molar-refractivity contribution in [2.24, 2.45) is 11.8 Å². The Morgan fingerprint density at radius 2 is 2.00 bits per heavy atom. The Morgan fingerprint density at radius 3 is 2.54 bits per heavy atom. The number of thioether (sulfide) groups is 1. The molecule has 1 aromatic rings. The Hall–Kier alpha value is -1.84. The van der Waals surface area contributed by atoms with E-state index < -0.39 is 40.2 Å². The van der Waals surface area contributed by atoms with Crippen molar-refractivity contribution >= 4 is 45.5 Å². The van der Waals surface area contributed by atoms with Crippen molar-refractivity contribution in [1.29, 1.82) is 0 Å². The summed E-state index contributed by atoms with van der Waals surface area (Å²) < 4.78 is -0.870. The van der Waals surface area contributed by atoms with Gasteiger partial charge in [-0.15, -0.1) is 18.3 Å². The lowest BCUT2D eigenvalue weighted by molar-refractivity contribution is -0.150. The third-order valence-corrected chi connectivity index (χ3v) is 10.8. The van der Waals surface area contributed by atoms with Crippen LogP contribution in [0.3, 0.4) is 0 Å². The fraction of sp³-hybridized carbons (Fsp3) is 0.577. The highest BCUT2D eigenvalue weighted by Crippen LogP contribution is 2.68. The van der Waals surface area contributed by atoms with Gasteiger partial charge in [-0.1, -0.05) is 52.3 Å². The maximum atomic E-state index is 14.3. The van der Waals surface area contributed by atoms with Crippen molar-refractivity contribution in [3.63, 3.8) is 0 Å². The molecule has 3 saturated heterocycles. The number of halogens is 1. The highest BCUT2D eigenvalue weighted by atomic mass is 79.9. The highest BCUT2D eigenvalue weighted by molar-refractivity contribution is 9.09. The number of amides is 2. The van der Waals surface area contributed by atoms with Crippen LogP contribution in [0, 0.1) is 11.8 Å². The van der Waals surface area contributed by atoms with Crippen molar-refractivity contribution in [3.8, 4) is 0 Å². The van der Waals surface area contributed by atoms with E-state index in [0.717, 1.165) is 5.56 Å². The number of alkyl halides is 1. The number of carbonyl (C=O) groups excluding carboxylic acids is 2. The molecule has 1 aromatic carbocycles. The van der Waals surface area contributed by atoms with E-state index in [0.29, 0.717) is 19.4 Å². The number of nitrogens with zero attached hydrogens (tertiary/aromatic N) is 2. The third-order valence-electron chi connectivity index (χ3n) is 7.55. The van der Waals surface area contributed by atoms with Crippen LogP contribution in [-0.4, -0.2) is 83.4 Å².